The number of aliphatic hydroxyl groups is 1. The van der Waals surface area contributed by atoms with E-state index in [1.165, 1.54) is 26.9 Å². The number of fused-ring (bicyclic) bond motifs is 3. The molecule has 7 atom stereocenters. The molecule has 3 fully saturated rings. The Labute approximate surface area is 175 Å². The third-order valence-electron chi connectivity index (χ3n) is 5.98. The first-order valence-corrected chi connectivity index (χ1v) is 9.65. The zero-order chi connectivity index (χ0) is 21.9. The van der Waals surface area contributed by atoms with Crippen molar-refractivity contribution in [2.45, 2.75) is 55.4 Å². The number of nitrogen functional groups attached to an aromatic ring is 1. The fourth-order valence-electron chi connectivity index (χ4n) is 4.45. The highest BCUT2D eigenvalue weighted by Crippen LogP contribution is 2.45. The maximum absolute atomic E-state index is 12.7. The van der Waals surface area contributed by atoms with Gasteiger partial charge in [-0.3, -0.25) is 9.36 Å². The Morgan fingerprint density at radius 2 is 2.13 bits per heavy atom. The molecule has 3 N–H and O–H groups in total. The van der Waals surface area contributed by atoms with Crippen LogP contribution in [-0.4, -0.2) is 86.9 Å². The molecule has 3 aliphatic rings. The number of nitrogens with zero attached hydrogens (tertiary/aromatic N) is 4. The van der Waals surface area contributed by atoms with Crippen LogP contribution in [-0.2, 0) is 33.3 Å². The zero-order valence-electron chi connectivity index (χ0n) is 16.7. The number of hydrogen-bond donors (Lipinski definition) is 2. The van der Waals surface area contributed by atoms with Crippen molar-refractivity contribution >= 4 is 28.7 Å². The first-order valence-electron chi connectivity index (χ1n) is 9.65. The molecule has 0 amide bonds. The normalized spacial score (nSPS) is 37.5. The third kappa shape index (κ3) is 2.92. The van der Waals surface area contributed by atoms with Gasteiger partial charge in [-0.15, -0.1) is 0 Å². The number of ether oxygens (including phenoxy) is 5. The average Bonchev–Trinajstić information content (AvgIpc) is 3.33. The van der Waals surface area contributed by atoms with Crippen molar-refractivity contribution in [2.24, 2.45) is 0 Å². The Hall–Kier alpha value is -2.71. The van der Waals surface area contributed by atoms with E-state index in [1.54, 1.807) is 4.57 Å². The minimum absolute atomic E-state index is 0.0977. The van der Waals surface area contributed by atoms with Gasteiger partial charge < -0.3 is 34.5 Å². The summed E-state index contributed by atoms with van der Waals surface area (Å²) in [6.07, 6.45) is -2.47. The summed E-state index contributed by atoms with van der Waals surface area (Å²) in [6, 6.07) is 0. The number of nitrogens with two attached hydrogens (primary N) is 1. The van der Waals surface area contributed by atoms with Gasteiger partial charge in [-0.25, -0.2) is 19.7 Å². The van der Waals surface area contributed by atoms with Gasteiger partial charge in [0, 0.05) is 20.0 Å². The van der Waals surface area contributed by atoms with Crippen molar-refractivity contribution in [1.82, 2.24) is 19.5 Å². The van der Waals surface area contributed by atoms with E-state index in [-0.39, 0.29) is 18.7 Å². The number of rotatable bonds is 3. The maximum atomic E-state index is 12.7. The number of methoxy groups -OCH3 is 2. The van der Waals surface area contributed by atoms with Gasteiger partial charge in [-0.2, -0.15) is 0 Å². The number of imidazole rings is 1. The van der Waals surface area contributed by atoms with Crippen molar-refractivity contribution in [3.8, 4) is 0 Å². The monoisotopic (exact) mass is 435 g/mol. The third-order valence-corrected chi connectivity index (χ3v) is 5.98. The first-order chi connectivity index (χ1) is 14.9. The molecule has 0 bridgehead atoms. The van der Waals surface area contributed by atoms with Crippen LogP contribution in [0.4, 0.5) is 5.82 Å². The zero-order valence-corrected chi connectivity index (χ0v) is 16.7. The minimum Gasteiger partial charge on any atom is -0.467 e. The molecule has 5 heterocycles. The molecule has 3 saturated heterocycles. The Morgan fingerprint density at radius 1 is 1.32 bits per heavy atom. The molecular formula is C18H21N5O8. The number of carbonyl (C=O) groups is 2. The van der Waals surface area contributed by atoms with Gasteiger partial charge in [-0.05, 0) is 0 Å². The van der Waals surface area contributed by atoms with Crippen LogP contribution < -0.4 is 5.73 Å². The number of hydrogen-bond acceptors (Lipinski definition) is 12. The van der Waals surface area contributed by atoms with Crippen LogP contribution in [0.2, 0.25) is 0 Å². The topological polar surface area (TPSA) is 170 Å². The molecule has 2 aromatic heterocycles. The number of aromatic nitrogens is 4. The van der Waals surface area contributed by atoms with Gasteiger partial charge in [0.25, 0.3) is 5.79 Å². The summed E-state index contributed by atoms with van der Waals surface area (Å²) in [7, 11) is 2.67. The van der Waals surface area contributed by atoms with Crippen molar-refractivity contribution in [3.63, 3.8) is 0 Å². The van der Waals surface area contributed by atoms with Crippen molar-refractivity contribution in [1.29, 1.82) is 0 Å². The van der Waals surface area contributed by atoms with E-state index in [0.29, 0.717) is 11.2 Å². The van der Waals surface area contributed by atoms with Gasteiger partial charge in [0.05, 0.1) is 19.5 Å². The van der Waals surface area contributed by atoms with Crippen molar-refractivity contribution < 1.29 is 38.4 Å². The molecule has 3 aliphatic heterocycles. The standard InChI is InChI=1S/C18H21N5O8/c1-27-13-12-7(30-16(13)23-6-22-11-14(19)20-5-21-15(11)23)4-10-18(26,31-12)9(24)3-8(29-10)17(25)28-2/h5-8,10,12-13,16,26H,3-4H2,1-2H3,(H2,19,20,21)/t7-,8-,10-,12-,13+,16?,18+/m0/s1. The van der Waals surface area contributed by atoms with Gasteiger partial charge in [0.2, 0.25) is 0 Å². The van der Waals surface area contributed by atoms with E-state index in [4.69, 9.17) is 24.7 Å². The quantitative estimate of drug-likeness (QED) is 0.547. The van der Waals surface area contributed by atoms with Crippen molar-refractivity contribution in [3.05, 3.63) is 12.7 Å². The minimum atomic E-state index is -2.22. The largest absolute Gasteiger partial charge is 0.467 e. The number of ketones is 1. The first kappa shape index (κ1) is 20.2. The molecular weight excluding hydrogens is 414 g/mol. The molecule has 0 saturated carbocycles. The number of esters is 1. The highest BCUT2D eigenvalue weighted by molar-refractivity contribution is 5.92. The lowest BCUT2D eigenvalue weighted by atomic mass is 9.87. The van der Waals surface area contributed by atoms with Crippen LogP contribution >= 0.6 is 0 Å². The molecule has 0 aliphatic carbocycles. The van der Waals surface area contributed by atoms with E-state index in [9.17, 15) is 14.7 Å². The summed E-state index contributed by atoms with van der Waals surface area (Å²) in [5.41, 5.74) is 6.71. The second-order valence-electron chi connectivity index (χ2n) is 7.63. The van der Waals surface area contributed by atoms with Crippen LogP contribution in [0.15, 0.2) is 12.7 Å². The van der Waals surface area contributed by atoms with Crippen LogP contribution in [0.1, 0.15) is 19.1 Å². The average molecular weight is 435 g/mol. The summed E-state index contributed by atoms with van der Waals surface area (Å²) < 4.78 is 29.6. The number of Topliss-reactive ketones (excluding diaryl/α,β-unsaturated/α-hetero) is 1. The van der Waals surface area contributed by atoms with E-state index in [0.717, 1.165) is 0 Å². The summed E-state index contributed by atoms with van der Waals surface area (Å²) >= 11 is 0. The van der Waals surface area contributed by atoms with Crippen LogP contribution in [0.3, 0.4) is 0 Å². The van der Waals surface area contributed by atoms with Crippen LogP contribution in [0.25, 0.3) is 11.2 Å². The van der Waals surface area contributed by atoms with Crippen LogP contribution in [0, 0.1) is 0 Å². The molecule has 13 nitrogen and oxygen atoms in total. The highest BCUT2D eigenvalue weighted by Gasteiger charge is 2.63. The Bertz CT molecular complexity index is 1050. The lowest BCUT2D eigenvalue weighted by Gasteiger charge is -2.46. The lowest BCUT2D eigenvalue weighted by Crippen LogP contribution is -2.66. The second kappa shape index (κ2) is 7.17. The molecule has 13 heteroatoms. The Morgan fingerprint density at radius 3 is 2.87 bits per heavy atom. The molecule has 166 valence electrons. The highest BCUT2D eigenvalue weighted by atomic mass is 16.7. The molecule has 31 heavy (non-hydrogen) atoms. The molecule has 0 aromatic carbocycles. The summed E-state index contributed by atoms with van der Waals surface area (Å²) in [5.74, 6) is -3.36. The Balaban J connectivity index is 1.46. The van der Waals surface area contributed by atoms with Crippen molar-refractivity contribution in [2.75, 3.05) is 20.0 Å². The van der Waals surface area contributed by atoms with E-state index >= 15 is 0 Å². The summed E-state index contributed by atoms with van der Waals surface area (Å²) in [6.45, 7) is 0. The number of carbonyl (C=O) groups excluding carboxylic acids is 2. The summed E-state index contributed by atoms with van der Waals surface area (Å²) in [5, 5.41) is 11.0. The molecule has 5 rings (SSSR count). The Kier molecular flexibility index (Phi) is 4.67. The summed E-state index contributed by atoms with van der Waals surface area (Å²) in [4.78, 5) is 37.0. The SMILES string of the molecule is COC(=O)[C@@H]1CC(=O)[C@@]2(O)O[C@H]3[C@H](C[C@@H]2O1)OC(n1cnc2c(N)ncnc21)[C@@H]3OC. The smallest absolute Gasteiger partial charge is 0.335 e. The van der Waals surface area contributed by atoms with E-state index < -0.39 is 54.3 Å². The fourth-order valence-corrected chi connectivity index (χ4v) is 4.45. The van der Waals surface area contributed by atoms with Gasteiger partial charge in [-0.1, -0.05) is 0 Å². The lowest BCUT2D eigenvalue weighted by molar-refractivity contribution is -0.323. The van der Waals surface area contributed by atoms with Crippen LogP contribution in [0.5, 0.6) is 0 Å². The molecule has 1 unspecified atom stereocenters. The van der Waals surface area contributed by atoms with Gasteiger partial charge in [0.1, 0.15) is 30.2 Å². The predicted octanol–water partition coefficient (Wildman–Crippen LogP) is -1.30. The van der Waals surface area contributed by atoms with E-state index in [1.807, 2.05) is 0 Å². The predicted molar refractivity (Wildman–Crippen MR) is 99.2 cm³/mol. The molecule has 2 aromatic rings. The van der Waals surface area contributed by atoms with Gasteiger partial charge in [0.15, 0.2) is 29.6 Å². The van der Waals surface area contributed by atoms with Gasteiger partial charge >= 0.3 is 5.97 Å². The number of anilines is 1. The fraction of sp³-hybridized carbons (Fsp3) is 0.611. The molecule has 0 spiro atoms. The second-order valence-corrected chi connectivity index (χ2v) is 7.63. The maximum Gasteiger partial charge on any atom is 0.335 e. The van der Waals surface area contributed by atoms with E-state index in [2.05, 4.69) is 19.7 Å². The molecule has 0 radical (unpaired) electrons.